The topological polar surface area (TPSA) is 43.3 Å². The number of nitrogens with one attached hydrogen (secondary N) is 1. The number of aliphatic imine (C=N–C) groups is 1. The van der Waals surface area contributed by atoms with Gasteiger partial charge in [0.05, 0.1) is 6.61 Å². The highest BCUT2D eigenvalue weighted by molar-refractivity contribution is 14.0. The second-order valence-corrected chi connectivity index (χ2v) is 8.72. The summed E-state index contributed by atoms with van der Waals surface area (Å²) >= 11 is 0. The van der Waals surface area contributed by atoms with Crippen LogP contribution >= 0.6 is 24.0 Å². The van der Waals surface area contributed by atoms with E-state index in [1.54, 1.807) is 0 Å². The number of halogens is 1. The van der Waals surface area contributed by atoms with Gasteiger partial charge in [0.1, 0.15) is 0 Å². The van der Waals surface area contributed by atoms with Gasteiger partial charge in [0.25, 0.3) is 0 Å². The number of benzene rings is 1. The summed E-state index contributed by atoms with van der Waals surface area (Å²) in [5.74, 6) is 1.67. The first-order valence-corrected chi connectivity index (χ1v) is 11.8. The number of hydrogen-bond acceptors (Lipinski definition) is 4. The highest BCUT2D eigenvalue weighted by Crippen LogP contribution is 2.18. The van der Waals surface area contributed by atoms with Crippen LogP contribution < -0.4 is 10.2 Å². The van der Waals surface area contributed by atoms with Crippen molar-refractivity contribution < 1.29 is 4.74 Å². The summed E-state index contributed by atoms with van der Waals surface area (Å²) in [6.07, 6.45) is 3.53. The maximum atomic E-state index is 5.51. The molecule has 7 heteroatoms. The number of rotatable bonds is 9. The molecule has 0 spiro atoms. The molecule has 3 rings (SSSR count). The maximum absolute atomic E-state index is 5.51. The molecule has 176 valence electrons. The molecular formula is C24H42IN5O. The molecule has 1 unspecified atom stereocenters. The number of guanidine groups is 1. The molecule has 1 aromatic carbocycles. The zero-order valence-electron chi connectivity index (χ0n) is 19.7. The molecule has 31 heavy (non-hydrogen) atoms. The van der Waals surface area contributed by atoms with Gasteiger partial charge in [-0.3, -0.25) is 9.89 Å². The number of nitrogens with zero attached hydrogens (tertiary/aromatic N) is 4. The SMILES string of the molecule is CCNC(=NCCCCN1CCN(c2cccc(C)c2)CC1)N(C)CC1CCOC1.I. The van der Waals surface area contributed by atoms with Gasteiger partial charge in [-0.1, -0.05) is 12.1 Å². The Morgan fingerprint density at radius 3 is 2.71 bits per heavy atom. The van der Waals surface area contributed by atoms with Crippen LogP contribution in [0.5, 0.6) is 0 Å². The second-order valence-electron chi connectivity index (χ2n) is 8.72. The molecule has 0 aromatic heterocycles. The van der Waals surface area contributed by atoms with Gasteiger partial charge in [0.2, 0.25) is 0 Å². The number of hydrogen-bond donors (Lipinski definition) is 1. The first kappa shape index (κ1) is 26.2. The molecule has 0 radical (unpaired) electrons. The van der Waals surface area contributed by atoms with E-state index in [-0.39, 0.29) is 24.0 Å². The average Bonchev–Trinajstić information content (AvgIpc) is 3.26. The number of aryl methyl sites for hydroxylation is 1. The van der Waals surface area contributed by atoms with Crippen LogP contribution in [0.15, 0.2) is 29.3 Å². The van der Waals surface area contributed by atoms with E-state index in [1.165, 1.54) is 30.6 Å². The van der Waals surface area contributed by atoms with Crippen LogP contribution in [-0.4, -0.2) is 88.4 Å². The minimum absolute atomic E-state index is 0. The largest absolute Gasteiger partial charge is 0.381 e. The van der Waals surface area contributed by atoms with E-state index < -0.39 is 0 Å². The number of ether oxygens (including phenoxy) is 1. The molecule has 1 atom stereocenters. The zero-order valence-corrected chi connectivity index (χ0v) is 22.0. The summed E-state index contributed by atoms with van der Waals surface area (Å²) < 4.78 is 5.51. The normalized spacial score (nSPS) is 19.9. The Bertz CT molecular complexity index is 657. The average molecular weight is 544 g/mol. The Morgan fingerprint density at radius 1 is 1.23 bits per heavy atom. The van der Waals surface area contributed by atoms with Gasteiger partial charge in [-0.15, -0.1) is 24.0 Å². The third-order valence-corrected chi connectivity index (χ3v) is 6.14. The third kappa shape index (κ3) is 8.77. The summed E-state index contributed by atoms with van der Waals surface area (Å²) in [5, 5.41) is 3.44. The minimum Gasteiger partial charge on any atom is -0.381 e. The van der Waals surface area contributed by atoms with Gasteiger partial charge < -0.3 is 19.9 Å². The van der Waals surface area contributed by atoms with Crippen molar-refractivity contribution in [2.24, 2.45) is 10.9 Å². The molecule has 6 nitrogen and oxygen atoms in total. The summed E-state index contributed by atoms with van der Waals surface area (Å²) in [5.41, 5.74) is 2.71. The Hall–Kier alpha value is -1.06. The molecule has 1 N–H and O–H groups in total. The molecule has 1 aromatic rings. The van der Waals surface area contributed by atoms with E-state index >= 15 is 0 Å². The highest BCUT2D eigenvalue weighted by Gasteiger charge is 2.19. The van der Waals surface area contributed by atoms with Crippen molar-refractivity contribution in [1.82, 2.24) is 15.1 Å². The molecular weight excluding hydrogens is 501 g/mol. The van der Waals surface area contributed by atoms with Crippen molar-refractivity contribution in [3.8, 4) is 0 Å². The van der Waals surface area contributed by atoms with Crippen molar-refractivity contribution >= 4 is 35.6 Å². The summed E-state index contributed by atoms with van der Waals surface area (Å²) in [4.78, 5) is 12.3. The molecule has 0 saturated carbocycles. The fourth-order valence-electron chi connectivity index (χ4n) is 4.36. The standard InChI is InChI=1S/C24H41N5O.HI/c1-4-25-24(27(3)19-22-10-17-30-20-22)26-11-5-6-12-28-13-15-29(16-14-28)23-9-7-8-21(2)18-23;/h7-9,18,22H,4-6,10-17,19-20H2,1-3H3,(H,25,26);1H. The Morgan fingerprint density at radius 2 is 2.03 bits per heavy atom. The van der Waals surface area contributed by atoms with Crippen LogP contribution in [0, 0.1) is 12.8 Å². The van der Waals surface area contributed by atoms with Crippen LogP contribution in [0.3, 0.4) is 0 Å². The van der Waals surface area contributed by atoms with Gasteiger partial charge in [0, 0.05) is 71.1 Å². The lowest BCUT2D eigenvalue weighted by Crippen LogP contribution is -2.46. The highest BCUT2D eigenvalue weighted by atomic mass is 127. The monoisotopic (exact) mass is 543 g/mol. The molecule has 0 bridgehead atoms. The lowest BCUT2D eigenvalue weighted by atomic mass is 10.1. The van der Waals surface area contributed by atoms with Crippen LogP contribution in [0.25, 0.3) is 0 Å². The molecule has 2 fully saturated rings. The number of unbranched alkanes of at least 4 members (excludes halogenated alkanes) is 1. The summed E-state index contributed by atoms with van der Waals surface area (Å²) in [6, 6.07) is 8.87. The van der Waals surface area contributed by atoms with E-state index in [9.17, 15) is 0 Å². The van der Waals surface area contributed by atoms with Crippen molar-refractivity contribution in [1.29, 1.82) is 0 Å². The van der Waals surface area contributed by atoms with Crippen molar-refractivity contribution in [3.05, 3.63) is 29.8 Å². The Kier molecular flexibility index (Phi) is 12.0. The quantitative estimate of drug-likeness (QED) is 0.224. The van der Waals surface area contributed by atoms with Crippen LogP contribution in [0.1, 0.15) is 31.7 Å². The van der Waals surface area contributed by atoms with Crippen LogP contribution in [0.4, 0.5) is 5.69 Å². The van der Waals surface area contributed by atoms with Gasteiger partial charge in [-0.25, -0.2) is 0 Å². The zero-order chi connectivity index (χ0) is 21.2. The van der Waals surface area contributed by atoms with Crippen molar-refractivity contribution in [3.63, 3.8) is 0 Å². The molecule has 2 aliphatic rings. The number of anilines is 1. The van der Waals surface area contributed by atoms with Crippen LogP contribution in [0.2, 0.25) is 0 Å². The molecule has 0 amide bonds. The first-order valence-electron chi connectivity index (χ1n) is 11.8. The van der Waals surface area contributed by atoms with Crippen LogP contribution in [-0.2, 0) is 4.74 Å². The Balaban J connectivity index is 0.00000341. The van der Waals surface area contributed by atoms with E-state index in [0.29, 0.717) is 5.92 Å². The predicted octanol–water partition coefficient (Wildman–Crippen LogP) is 3.45. The molecule has 0 aliphatic carbocycles. The van der Waals surface area contributed by atoms with E-state index in [0.717, 1.165) is 71.4 Å². The van der Waals surface area contributed by atoms with E-state index in [1.807, 2.05) is 0 Å². The van der Waals surface area contributed by atoms with E-state index in [2.05, 4.69) is 65.2 Å². The summed E-state index contributed by atoms with van der Waals surface area (Å²) in [7, 11) is 2.15. The number of piperazine rings is 1. The third-order valence-electron chi connectivity index (χ3n) is 6.14. The van der Waals surface area contributed by atoms with Gasteiger partial charge in [-0.2, -0.15) is 0 Å². The lowest BCUT2D eigenvalue weighted by Gasteiger charge is -2.36. The van der Waals surface area contributed by atoms with Gasteiger partial charge >= 0.3 is 0 Å². The summed E-state index contributed by atoms with van der Waals surface area (Å²) in [6.45, 7) is 14.7. The maximum Gasteiger partial charge on any atom is 0.193 e. The van der Waals surface area contributed by atoms with Crippen molar-refractivity contribution in [2.75, 3.05) is 77.5 Å². The van der Waals surface area contributed by atoms with E-state index in [4.69, 9.17) is 9.73 Å². The second kappa shape index (κ2) is 14.2. The molecule has 2 saturated heterocycles. The smallest absolute Gasteiger partial charge is 0.193 e. The fraction of sp³-hybridized carbons (Fsp3) is 0.708. The molecule has 2 heterocycles. The lowest BCUT2D eigenvalue weighted by molar-refractivity contribution is 0.181. The Labute approximate surface area is 206 Å². The van der Waals surface area contributed by atoms with Gasteiger partial charge in [-0.05, 0) is 57.4 Å². The predicted molar refractivity (Wildman–Crippen MR) is 142 cm³/mol. The first-order chi connectivity index (χ1) is 14.7. The minimum atomic E-state index is 0. The van der Waals surface area contributed by atoms with Gasteiger partial charge in [0.15, 0.2) is 5.96 Å². The fourth-order valence-corrected chi connectivity index (χ4v) is 4.36. The molecule has 2 aliphatic heterocycles. The van der Waals surface area contributed by atoms with Crippen molar-refractivity contribution in [2.45, 2.75) is 33.1 Å².